The van der Waals surface area contributed by atoms with E-state index in [-0.39, 0.29) is 18.4 Å². The van der Waals surface area contributed by atoms with Crippen molar-refractivity contribution in [2.75, 3.05) is 19.3 Å². The summed E-state index contributed by atoms with van der Waals surface area (Å²) in [6.07, 6.45) is 2.53. The number of sulfonamides is 1. The van der Waals surface area contributed by atoms with Gasteiger partial charge in [-0.2, -0.15) is 4.98 Å². The highest BCUT2D eigenvalue weighted by molar-refractivity contribution is 7.88. The number of amides is 1. The molecule has 27 heavy (non-hydrogen) atoms. The SMILES string of the molecule is Cc1ccc(C(=O)NCc2nc(C3CCN(S(C)(=O)=O)CC3)no2)cc1C. The number of nitrogens with one attached hydrogen (secondary N) is 1. The van der Waals surface area contributed by atoms with E-state index in [1.165, 1.54) is 10.6 Å². The molecule has 0 unspecified atom stereocenters. The van der Waals surface area contributed by atoms with Crippen LogP contribution < -0.4 is 5.32 Å². The number of aromatic nitrogens is 2. The molecule has 1 fully saturated rings. The van der Waals surface area contributed by atoms with Gasteiger partial charge in [-0.1, -0.05) is 11.2 Å². The quantitative estimate of drug-likeness (QED) is 0.831. The Kier molecular flexibility index (Phi) is 5.61. The van der Waals surface area contributed by atoms with Gasteiger partial charge in [-0.05, 0) is 49.9 Å². The summed E-state index contributed by atoms with van der Waals surface area (Å²) >= 11 is 0. The molecule has 8 nitrogen and oxygen atoms in total. The Hall–Kier alpha value is -2.26. The predicted molar refractivity (Wildman–Crippen MR) is 99.8 cm³/mol. The number of hydrogen-bond donors (Lipinski definition) is 1. The topological polar surface area (TPSA) is 105 Å². The number of piperidine rings is 1. The average Bonchev–Trinajstić information content (AvgIpc) is 3.10. The molecule has 2 heterocycles. The van der Waals surface area contributed by atoms with Gasteiger partial charge in [0.15, 0.2) is 5.82 Å². The Morgan fingerprint density at radius 2 is 1.96 bits per heavy atom. The minimum absolute atomic E-state index is 0.0657. The van der Waals surface area contributed by atoms with Crippen LogP contribution in [0.4, 0.5) is 0 Å². The van der Waals surface area contributed by atoms with Gasteiger partial charge in [0.25, 0.3) is 5.91 Å². The molecule has 1 N–H and O–H groups in total. The first-order valence-electron chi connectivity index (χ1n) is 8.87. The van der Waals surface area contributed by atoms with Crippen LogP contribution in [0.2, 0.25) is 0 Å². The van der Waals surface area contributed by atoms with E-state index in [4.69, 9.17) is 4.52 Å². The standard InChI is InChI=1S/C18H24N4O4S/c1-12-4-5-15(10-13(12)2)18(23)19-11-16-20-17(21-26-16)14-6-8-22(9-7-14)27(3,24)25/h4-5,10,14H,6-9,11H2,1-3H3,(H,19,23). The molecular weight excluding hydrogens is 368 g/mol. The third-order valence-corrected chi connectivity index (χ3v) is 6.24. The number of hydrogen-bond acceptors (Lipinski definition) is 6. The van der Waals surface area contributed by atoms with Gasteiger partial charge in [0.1, 0.15) is 0 Å². The molecule has 2 aromatic rings. The van der Waals surface area contributed by atoms with E-state index in [2.05, 4.69) is 15.5 Å². The summed E-state index contributed by atoms with van der Waals surface area (Å²) in [6.45, 7) is 5.03. The summed E-state index contributed by atoms with van der Waals surface area (Å²) in [7, 11) is -3.16. The molecule has 0 saturated carbocycles. The van der Waals surface area contributed by atoms with Gasteiger partial charge >= 0.3 is 0 Å². The van der Waals surface area contributed by atoms with E-state index in [0.717, 1.165) is 11.1 Å². The van der Waals surface area contributed by atoms with Crippen molar-refractivity contribution in [1.29, 1.82) is 0 Å². The molecule has 1 aliphatic heterocycles. The highest BCUT2D eigenvalue weighted by atomic mass is 32.2. The molecule has 1 amide bonds. The number of nitrogens with zero attached hydrogens (tertiary/aromatic N) is 3. The first kappa shape index (κ1) is 19.5. The lowest BCUT2D eigenvalue weighted by Gasteiger charge is -2.28. The van der Waals surface area contributed by atoms with Gasteiger partial charge in [0, 0.05) is 24.6 Å². The smallest absolute Gasteiger partial charge is 0.251 e. The Labute approximate surface area is 159 Å². The van der Waals surface area contributed by atoms with Crippen LogP contribution >= 0.6 is 0 Å². The molecule has 0 atom stereocenters. The third kappa shape index (κ3) is 4.72. The second-order valence-corrected chi connectivity index (χ2v) is 8.95. The van der Waals surface area contributed by atoms with Crippen LogP contribution in [-0.2, 0) is 16.6 Å². The number of carbonyl (C=O) groups is 1. The summed E-state index contributed by atoms with van der Waals surface area (Å²) < 4.78 is 29.9. The average molecular weight is 392 g/mol. The zero-order valence-electron chi connectivity index (χ0n) is 15.7. The summed E-state index contributed by atoms with van der Waals surface area (Å²) in [5.74, 6) is 0.779. The molecule has 1 aromatic carbocycles. The van der Waals surface area contributed by atoms with E-state index in [1.807, 2.05) is 26.0 Å². The van der Waals surface area contributed by atoms with Gasteiger partial charge in [-0.3, -0.25) is 4.79 Å². The number of benzene rings is 1. The zero-order chi connectivity index (χ0) is 19.6. The van der Waals surface area contributed by atoms with Crippen molar-refractivity contribution in [3.8, 4) is 0 Å². The fourth-order valence-electron chi connectivity index (χ4n) is 3.09. The molecule has 1 saturated heterocycles. The van der Waals surface area contributed by atoms with Crippen LogP contribution in [0.1, 0.15) is 52.0 Å². The van der Waals surface area contributed by atoms with Crippen molar-refractivity contribution in [1.82, 2.24) is 19.8 Å². The van der Waals surface area contributed by atoms with E-state index < -0.39 is 10.0 Å². The molecule has 9 heteroatoms. The summed E-state index contributed by atoms with van der Waals surface area (Å²) in [6, 6.07) is 5.55. The number of rotatable bonds is 5. The normalized spacial score (nSPS) is 16.4. The number of carbonyl (C=O) groups excluding carboxylic acids is 1. The largest absolute Gasteiger partial charge is 0.343 e. The molecule has 1 aliphatic rings. The molecule has 0 aliphatic carbocycles. The lowest BCUT2D eigenvalue weighted by atomic mass is 9.98. The van der Waals surface area contributed by atoms with E-state index >= 15 is 0 Å². The van der Waals surface area contributed by atoms with Gasteiger partial charge in [0.05, 0.1) is 12.8 Å². The summed E-state index contributed by atoms with van der Waals surface area (Å²) in [5, 5.41) is 6.78. The van der Waals surface area contributed by atoms with Crippen molar-refractivity contribution in [3.63, 3.8) is 0 Å². The number of aryl methyl sites for hydroxylation is 2. The summed E-state index contributed by atoms with van der Waals surface area (Å²) in [5.41, 5.74) is 2.78. The first-order chi connectivity index (χ1) is 12.7. The second kappa shape index (κ2) is 7.77. The van der Waals surface area contributed by atoms with Crippen LogP contribution in [0.5, 0.6) is 0 Å². The maximum Gasteiger partial charge on any atom is 0.251 e. The third-order valence-electron chi connectivity index (χ3n) is 4.94. The highest BCUT2D eigenvalue weighted by Gasteiger charge is 2.28. The minimum Gasteiger partial charge on any atom is -0.343 e. The molecular formula is C18H24N4O4S. The van der Waals surface area contributed by atoms with Crippen molar-refractivity contribution < 1.29 is 17.7 Å². The van der Waals surface area contributed by atoms with Gasteiger partial charge < -0.3 is 9.84 Å². The molecule has 146 valence electrons. The fourth-order valence-corrected chi connectivity index (χ4v) is 3.97. The van der Waals surface area contributed by atoms with Gasteiger partial charge in [-0.15, -0.1) is 0 Å². The summed E-state index contributed by atoms with van der Waals surface area (Å²) in [4.78, 5) is 16.6. The molecule has 3 rings (SSSR count). The molecule has 1 aromatic heterocycles. The molecule has 0 radical (unpaired) electrons. The lowest BCUT2D eigenvalue weighted by molar-refractivity contribution is 0.0946. The maximum atomic E-state index is 12.3. The zero-order valence-corrected chi connectivity index (χ0v) is 16.5. The van der Waals surface area contributed by atoms with Crippen LogP contribution in [-0.4, -0.2) is 48.1 Å². The Morgan fingerprint density at radius 1 is 1.26 bits per heavy atom. The van der Waals surface area contributed by atoms with Gasteiger partial charge in [-0.25, -0.2) is 12.7 Å². The van der Waals surface area contributed by atoms with Crippen LogP contribution in [0, 0.1) is 13.8 Å². The van der Waals surface area contributed by atoms with Crippen molar-refractivity contribution in [2.24, 2.45) is 0 Å². The Bertz CT molecular complexity index is 931. The fraction of sp³-hybridized carbons (Fsp3) is 0.500. The second-order valence-electron chi connectivity index (χ2n) is 6.96. The van der Waals surface area contributed by atoms with Crippen molar-refractivity contribution in [2.45, 2.75) is 39.2 Å². The first-order valence-corrected chi connectivity index (χ1v) is 10.7. The van der Waals surface area contributed by atoms with Crippen molar-refractivity contribution >= 4 is 15.9 Å². The van der Waals surface area contributed by atoms with E-state index in [0.29, 0.717) is 43.2 Å². The van der Waals surface area contributed by atoms with Crippen LogP contribution in [0.15, 0.2) is 22.7 Å². The van der Waals surface area contributed by atoms with Crippen molar-refractivity contribution in [3.05, 3.63) is 46.6 Å². The molecule has 0 bridgehead atoms. The monoisotopic (exact) mass is 392 g/mol. The minimum atomic E-state index is -3.16. The van der Waals surface area contributed by atoms with Crippen LogP contribution in [0.25, 0.3) is 0 Å². The Morgan fingerprint density at radius 3 is 2.59 bits per heavy atom. The predicted octanol–water partition coefficient (Wildman–Crippen LogP) is 1.76. The van der Waals surface area contributed by atoms with E-state index in [1.54, 1.807) is 6.07 Å². The Balaban J connectivity index is 1.55. The maximum absolute atomic E-state index is 12.3. The lowest BCUT2D eigenvalue weighted by Crippen LogP contribution is -2.37. The van der Waals surface area contributed by atoms with E-state index in [9.17, 15) is 13.2 Å². The molecule has 0 spiro atoms. The highest BCUT2D eigenvalue weighted by Crippen LogP contribution is 2.26. The van der Waals surface area contributed by atoms with Crippen LogP contribution in [0.3, 0.4) is 0 Å². The van der Waals surface area contributed by atoms with Gasteiger partial charge in [0.2, 0.25) is 15.9 Å².